The molecule has 1 aliphatic heterocycles. The second-order valence-corrected chi connectivity index (χ2v) is 13.5. The minimum absolute atomic E-state index is 0.0693. The third-order valence-electron chi connectivity index (χ3n) is 9.60. The molecule has 0 saturated heterocycles. The number of fused-ring (bicyclic) bond motifs is 1. The van der Waals surface area contributed by atoms with Crippen molar-refractivity contribution in [1.82, 2.24) is 10.6 Å². The Morgan fingerprint density at radius 3 is 2.19 bits per heavy atom. The average molecular weight is 705 g/mol. The van der Waals surface area contributed by atoms with Crippen molar-refractivity contribution in [3.05, 3.63) is 130 Å². The van der Waals surface area contributed by atoms with Gasteiger partial charge in [-0.2, -0.15) is 0 Å². The zero-order valence-electron chi connectivity index (χ0n) is 30.9. The summed E-state index contributed by atoms with van der Waals surface area (Å²) in [6.07, 6.45) is 3.38. The fourth-order valence-electron chi connectivity index (χ4n) is 6.54. The van der Waals surface area contributed by atoms with Crippen LogP contribution in [-0.4, -0.2) is 51.2 Å². The molecule has 5 rings (SSSR count). The smallest absolute Gasteiger partial charge is 0.328 e. The predicted octanol–water partition coefficient (Wildman–Crippen LogP) is 6.84. The molecule has 0 radical (unpaired) electrons. The molecule has 2 N–H and O–H groups in total. The predicted molar refractivity (Wildman–Crippen MR) is 202 cm³/mol. The number of hydrogen-bond acceptors (Lipinski definition) is 7. The Hall–Kier alpha value is -5.57. The van der Waals surface area contributed by atoms with E-state index in [1.165, 1.54) is 31.4 Å². The molecule has 0 saturated carbocycles. The Morgan fingerprint density at radius 1 is 0.808 bits per heavy atom. The first-order chi connectivity index (χ1) is 25.0. The fraction of sp³-hybridized carbons (Fsp3) is 0.326. The molecule has 4 atom stereocenters. The van der Waals surface area contributed by atoms with Crippen molar-refractivity contribution in [2.45, 2.75) is 64.6 Å². The van der Waals surface area contributed by atoms with Crippen LogP contribution >= 0.6 is 0 Å². The van der Waals surface area contributed by atoms with Gasteiger partial charge in [0.15, 0.2) is 11.5 Å². The lowest BCUT2D eigenvalue weighted by Gasteiger charge is -2.23. The number of methoxy groups -OCH3 is 3. The van der Waals surface area contributed by atoms with E-state index >= 15 is 0 Å². The summed E-state index contributed by atoms with van der Waals surface area (Å²) in [5.74, 6) is -0.434. The van der Waals surface area contributed by atoms with Crippen LogP contribution in [0.3, 0.4) is 0 Å². The monoisotopic (exact) mass is 704 g/mol. The summed E-state index contributed by atoms with van der Waals surface area (Å²) in [4.78, 5) is 40.7. The van der Waals surface area contributed by atoms with Gasteiger partial charge >= 0.3 is 5.97 Å². The molecule has 272 valence electrons. The molecular weight excluding hydrogens is 656 g/mol. The van der Waals surface area contributed by atoms with Crippen LogP contribution in [0.4, 0.5) is 0 Å². The van der Waals surface area contributed by atoms with Gasteiger partial charge in [-0.3, -0.25) is 9.59 Å². The van der Waals surface area contributed by atoms with Crippen LogP contribution in [-0.2, 0) is 32.0 Å². The van der Waals surface area contributed by atoms with E-state index in [4.69, 9.17) is 18.9 Å². The Morgan fingerprint density at radius 2 is 1.52 bits per heavy atom. The van der Waals surface area contributed by atoms with E-state index < -0.39 is 29.9 Å². The quantitative estimate of drug-likeness (QED) is 0.109. The van der Waals surface area contributed by atoms with E-state index in [0.29, 0.717) is 40.4 Å². The first-order valence-electron chi connectivity index (χ1n) is 17.5. The Kier molecular flexibility index (Phi) is 12.4. The molecular formula is C43H48N2O7. The van der Waals surface area contributed by atoms with Crippen molar-refractivity contribution in [3.63, 3.8) is 0 Å². The average Bonchev–Trinajstić information content (AvgIpc) is 3.54. The summed E-state index contributed by atoms with van der Waals surface area (Å²) in [6.45, 7) is 8.19. The van der Waals surface area contributed by atoms with Crippen LogP contribution in [0.1, 0.15) is 64.8 Å². The number of rotatable bonds is 14. The Bertz CT molecular complexity index is 1920. The largest absolute Gasteiger partial charge is 0.496 e. The third-order valence-corrected chi connectivity index (χ3v) is 9.60. The van der Waals surface area contributed by atoms with Crippen LogP contribution < -0.4 is 24.8 Å². The van der Waals surface area contributed by atoms with Crippen molar-refractivity contribution >= 4 is 23.9 Å². The van der Waals surface area contributed by atoms with E-state index in [0.717, 1.165) is 11.1 Å². The number of benzene rings is 4. The molecule has 0 bridgehead atoms. The van der Waals surface area contributed by atoms with Gasteiger partial charge in [0, 0.05) is 24.1 Å². The molecule has 4 aromatic carbocycles. The summed E-state index contributed by atoms with van der Waals surface area (Å²) in [5.41, 5.74) is 6.09. The highest BCUT2D eigenvalue weighted by Crippen LogP contribution is 2.51. The summed E-state index contributed by atoms with van der Waals surface area (Å²) in [6, 6.07) is 25.9. The molecule has 4 aromatic rings. The maximum Gasteiger partial charge on any atom is 0.328 e. The standard InChI is InChI=1S/C43H48N2O7/c1-26(2)34(24-31-16-12-11-13-27(31)3)44-38(46)20-18-30-21-33-39(42(47)45-35(43(48)51-7)22-29-14-9-8-10-15-29)40(52-41(33)37(23-30)50-6)32-19-17-28(4)36(25-32)49-5/h8-21,23,25-26,34-35,39-40H,22,24H2,1-7H3,(H,44,46)(H,45,47). The first kappa shape index (κ1) is 37.7. The Balaban J connectivity index is 1.48. The van der Waals surface area contributed by atoms with Crippen molar-refractivity contribution in [3.8, 4) is 17.2 Å². The lowest BCUT2D eigenvalue weighted by Crippen LogP contribution is -2.45. The number of carbonyl (C=O) groups excluding carboxylic acids is 3. The lowest BCUT2D eigenvalue weighted by atomic mass is 9.88. The van der Waals surface area contributed by atoms with E-state index in [-0.39, 0.29) is 24.3 Å². The molecule has 52 heavy (non-hydrogen) atoms. The highest BCUT2D eigenvalue weighted by Gasteiger charge is 2.44. The lowest BCUT2D eigenvalue weighted by molar-refractivity contribution is -0.145. The van der Waals surface area contributed by atoms with E-state index in [1.54, 1.807) is 19.3 Å². The van der Waals surface area contributed by atoms with Gasteiger partial charge in [0.1, 0.15) is 23.8 Å². The molecule has 4 unspecified atom stereocenters. The molecule has 0 aliphatic carbocycles. The maximum absolute atomic E-state index is 14.4. The molecule has 2 amide bonds. The number of nitrogens with one attached hydrogen (secondary N) is 2. The van der Waals surface area contributed by atoms with E-state index in [2.05, 4.69) is 43.5 Å². The topological polar surface area (TPSA) is 112 Å². The van der Waals surface area contributed by atoms with E-state index in [1.807, 2.05) is 73.7 Å². The second kappa shape index (κ2) is 17.1. The highest BCUT2D eigenvalue weighted by molar-refractivity contribution is 5.93. The van der Waals surface area contributed by atoms with Gasteiger partial charge < -0.3 is 29.6 Å². The van der Waals surface area contributed by atoms with Gasteiger partial charge in [-0.1, -0.05) is 80.6 Å². The molecule has 9 nitrogen and oxygen atoms in total. The fourth-order valence-corrected chi connectivity index (χ4v) is 6.54. The summed E-state index contributed by atoms with van der Waals surface area (Å²) in [7, 11) is 4.42. The summed E-state index contributed by atoms with van der Waals surface area (Å²) >= 11 is 0. The van der Waals surface area contributed by atoms with Crippen molar-refractivity contribution in [2.24, 2.45) is 5.92 Å². The van der Waals surface area contributed by atoms with Crippen molar-refractivity contribution in [2.75, 3.05) is 21.3 Å². The van der Waals surface area contributed by atoms with Crippen LogP contribution in [0.25, 0.3) is 6.08 Å². The van der Waals surface area contributed by atoms with Crippen LogP contribution in [0.15, 0.2) is 91.0 Å². The van der Waals surface area contributed by atoms with Crippen LogP contribution in [0, 0.1) is 19.8 Å². The van der Waals surface area contributed by atoms with Crippen molar-refractivity contribution in [1.29, 1.82) is 0 Å². The molecule has 0 aromatic heterocycles. The molecule has 1 heterocycles. The van der Waals surface area contributed by atoms with Gasteiger partial charge in [-0.25, -0.2) is 4.79 Å². The molecule has 0 fully saturated rings. The second-order valence-electron chi connectivity index (χ2n) is 13.5. The zero-order chi connectivity index (χ0) is 37.4. The third kappa shape index (κ3) is 8.83. The van der Waals surface area contributed by atoms with Crippen molar-refractivity contribution < 1.29 is 33.3 Å². The Labute approximate surface area is 306 Å². The normalized spacial score (nSPS) is 16.1. The van der Waals surface area contributed by atoms with Gasteiger partial charge in [0.2, 0.25) is 11.8 Å². The van der Waals surface area contributed by atoms with Gasteiger partial charge in [-0.05, 0) is 83.8 Å². The highest BCUT2D eigenvalue weighted by atomic mass is 16.5. The SMILES string of the molecule is COC(=O)C(Cc1ccccc1)NC(=O)C1c2cc(C=CC(=O)NC(Cc3ccccc3C)C(C)C)cc(OC)c2OC1c1ccc(C)c(OC)c1. The molecule has 9 heteroatoms. The van der Waals surface area contributed by atoms with Gasteiger partial charge in [0.05, 0.1) is 21.3 Å². The number of amides is 2. The molecule has 0 spiro atoms. The molecule has 1 aliphatic rings. The number of esters is 1. The minimum Gasteiger partial charge on any atom is -0.496 e. The zero-order valence-corrected chi connectivity index (χ0v) is 30.9. The van der Waals surface area contributed by atoms with Gasteiger partial charge in [-0.15, -0.1) is 0 Å². The number of aryl methyl sites for hydroxylation is 2. The maximum atomic E-state index is 14.4. The summed E-state index contributed by atoms with van der Waals surface area (Å²) in [5, 5.41) is 6.12. The van der Waals surface area contributed by atoms with E-state index in [9.17, 15) is 14.4 Å². The summed E-state index contributed by atoms with van der Waals surface area (Å²) < 4.78 is 23.0. The minimum atomic E-state index is -0.945. The number of ether oxygens (including phenoxy) is 4. The first-order valence-corrected chi connectivity index (χ1v) is 17.5. The van der Waals surface area contributed by atoms with Gasteiger partial charge in [0.25, 0.3) is 0 Å². The van der Waals surface area contributed by atoms with Crippen LogP contribution in [0.5, 0.6) is 17.2 Å². The number of carbonyl (C=O) groups is 3. The van der Waals surface area contributed by atoms with Crippen LogP contribution in [0.2, 0.25) is 0 Å². The number of hydrogen-bond donors (Lipinski definition) is 2.